The molecule has 0 aliphatic carbocycles. The molecule has 0 aliphatic heterocycles. The second-order valence-corrected chi connectivity index (χ2v) is 13.2. The third-order valence-electron chi connectivity index (χ3n) is 6.16. The summed E-state index contributed by atoms with van der Waals surface area (Å²) in [5.41, 5.74) is 0.203. The summed E-state index contributed by atoms with van der Waals surface area (Å²) in [5.74, 6) is -0.366. The Labute approximate surface area is 252 Å². The number of nitrogens with one attached hydrogen (secondary N) is 1. The molecule has 0 heterocycles. The van der Waals surface area contributed by atoms with Crippen LogP contribution in [0, 0.1) is 0 Å². The summed E-state index contributed by atoms with van der Waals surface area (Å²) in [7, 11) is -2.73. The Morgan fingerprint density at radius 3 is 2.27 bits per heavy atom. The molecular formula is C30H35Cl2N3O5S. The Morgan fingerprint density at radius 1 is 0.976 bits per heavy atom. The zero-order valence-electron chi connectivity index (χ0n) is 23.7. The van der Waals surface area contributed by atoms with Gasteiger partial charge >= 0.3 is 0 Å². The van der Waals surface area contributed by atoms with E-state index in [0.29, 0.717) is 17.7 Å². The zero-order chi connectivity index (χ0) is 30.4. The molecule has 0 radical (unpaired) electrons. The molecular weight excluding hydrogens is 585 g/mol. The van der Waals surface area contributed by atoms with E-state index in [9.17, 15) is 18.0 Å². The summed E-state index contributed by atoms with van der Waals surface area (Å²) in [6.07, 6.45) is 0.293. The monoisotopic (exact) mass is 619 g/mol. The van der Waals surface area contributed by atoms with Gasteiger partial charge < -0.3 is 15.0 Å². The van der Waals surface area contributed by atoms with E-state index in [-0.39, 0.29) is 33.1 Å². The Morgan fingerprint density at radius 2 is 1.66 bits per heavy atom. The number of halogens is 2. The summed E-state index contributed by atoms with van der Waals surface area (Å²) >= 11 is 12.7. The van der Waals surface area contributed by atoms with E-state index in [0.717, 1.165) is 4.31 Å². The standard InChI is InChI=1S/C30H35Cl2N3O5S/c1-6-26(29(37)33-30(2,3)4)34(19-21-11-10-12-23(17-21)40-5)28(36)20-35(27-18-22(31)15-16-25(27)32)41(38,39)24-13-8-7-9-14-24/h7-18,26H,6,19-20H2,1-5H3,(H,33,37)/t26-/m0/s1. The van der Waals surface area contributed by atoms with E-state index in [1.807, 2.05) is 26.8 Å². The predicted octanol–water partition coefficient (Wildman–Crippen LogP) is 5.92. The first kappa shape index (κ1) is 32.2. The molecule has 1 N–H and O–H groups in total. The van der Waals surface area contributed by atoms with Crippen LogP contribution in [0.3, 0.4) is 0 Å². The molecule has 0 aromatic heterocycles. The topological polar surface area (TPSA) is 96.0 Å². The molecule has 0 aliphatic rings. The van der Waals surface area contributed by atoms with Crippen LogP contribution in [0.15, 0.2) is 77.7 Å². The van der Waals surface area contributed by atoms with Gasteiger partial charge in [-0.3, -0.25) is 13.9 Å². The maximum absolute atomic E-state index is 14.2. The summed E-state index contributed by atoms with van der Waals surface area (Å²) in [4.78, 5) is 28.9. The third kappa shape index (κ3) is 8.38. The molecule has 1 atom stereocenters. The number of rotatable bonds is 11. The number of methoxy groups -OCH3 is 1. The van der Waals surface area contributed by atoms with Gasteiger partial charge in [-0.25, -0.2) is 8.42 Å². The quantitative estimate of drug-likeness (QED) is 0.287. The van der Waals surface area contributed by atoms with Crippen molar-refractivity contribution < 1.29 is 22.7 Å². The van der Waals surface area contributed by atoms with Gasteiger partial charge in [-0.15, -0.1) is 0 Å². The lowest BCUT2D eigenvalue weighted by Crippen LogP contribution is -2.55. The van der Waals surface area contributed by atoms with Crippen molar-refractivity contribution in [3.05, 3.63) is 88.4 Å². The summed E-state index contributed by atoms with van der Waals surface area (Å²) < 4.78 is 34.1. The first-order valence-corrected chi connectivity index (χ1v) is 15.2. The molecule has 8 nitrogen and oxygen atoms in total. The number of ether oxygens (including phenoxy) is 1. The maximum atomic E-state index is 14.2. The number of carbonyl (C=O) groups excluding carboxylic acids is 2. The van der Waals surface area contributed by atoms with Crippen LogP contribution in [-0.2, 0) is 26.2 Å². The minimum atomic E-state index is -4.26. The predicted molar refractivity (Wildman–Crippen MR) is 163 cm³/mol. The normalized spacial score (nSPS) is 12.4. The molecule has 0 saturated carbocycles. The number of hydrogen-bond acceptors (Lipinski definition) is 5. The molecule has 0 fully saturated rings. The molecule has 3 rings (SSSR count). The first-order valence-electron chi connectivity index (χ1n) is 13.0. The molecule has 0 bridgehead atoms. The molecule has 0 unspecified atom stereocenters. The highest BCUT2D eigenvalue weighted by Crippen LogP contribution is 2.33. The number of carbonyl (C=O) groups is 2. The smallest absolute Gasteiger partial charge is 0.264 e. The lowest BCUT2D eigenvalue weighted by molar-refractivity contribution is -0.141. The number of hydrogen-bond donors (Lipinski definition) is 1. The SMILES string of the molecule is CC[C@@H](C(=O)NC(C)(C)C)N(Cc1cccc(OC)c1)C(=O)CN(c1cc(Cl)ccc1Cl)S(=O)(=O)c1ccccc1. The molecule has 220 valence electrons. The minimum absolute atomic E-state index is 0.0271. The van der Waals surface area contributed by atoms with Crippen molar-refractivity contribution in [2.24, 2.45) is 0 Å². The van der Waals surface area contributed by atoms with Gasteiger partial charge in [-0.1, -0.05) is 60.5 Å². The number of anilines is 1. The second-order valence-electron chi connectivity index (χ2n) is 10.5. The number of sulfonamides is 1. The fourth-order valence-electron chi connectivity index (χ4n) is 4.25. The van der Waals surface area contributed by atoms with Crippen LogP contribution < -0.4 is 14.4 Å². The van der Waals surface area contributed by atoms with Crippen molar-refractivity contribution in [2.45, 2.75) is 57.1 Å². The van der Waals surface area contributed by atoms with E-state index in [1.54, 1.807) is 43.3 Å². The Hall–Kier alpha value is -3.27. The molecule has 11 heteroatoms. The highest BCUT2D eigenvalue weighted by atomic mass is 35.5. The van der Waals surface area contributed by atoms with Crippen molar-refractivity contribution in [1.29, 1.82) is 0 Å². The van der Waals surface area contributed by atoms with Crippen LogP contribution in [0.5, 0.6) is 5.75 Å². The highest BCUT2D eigenvalue weighted by molar-refractivity contribution is 7.92. The maximum Gasteiger partial charge on any atom is 0.264 e. The molecule has 41 heavy (non-hydrogen) atoms. The molecule has 0 saturated heterocycles. The number of benzene rings is 3. The number of amides is 2. The van der Waals surface area contributed by atoms with Crippen molar-refractivity contribution in [3.8, 4) is 5.75 Å². The summed E-state index contributed by atoms with van der Waals surface area (Å²) in [6.45, 7) is 6.75. The summed E-state index contributed by atoms with van der Waals surface area (Å²) in [6, 6.07) is 18.4. The lowest BCUT2D eigenvalue weighted by atomic mass is 10.1. The van der Waals surface area contributed by atoms with Crippen LogP contribution in [0.2, 0.25) is 10.0 Å². The highest BCUT2D eigenvalue weighted by Gasteiger charge is 2.35. The van der Waals surface area contributed by atoms with Crippen molar-refractivity contribution in [1.82, 2.24) is 10.2 Å². The molecule has 2 amide bonds. The van der Waals surface area contributed by atoms with Gasteiger partial charge in [0.05, 0.1) is 22.7 Å². The fraction of sp³-hybridized carbons (Fsp3) is 0.333. The van der Waals surface area contributed by atoms with Crippen LogP contribution in [0.4, 0.5) is 5.69 Å². The first-order chi connectivity index (χ1) is 19.3. The Balaban J connectivity index is 2.11. The van der Waals surface area contributed by atoms with Crippen LogP contribution in [-0.4, -0.2) is 50.4 Å². The van der Waals surface area contributed by atoms with E-state index in [1.165, 1.54) is 42.3 Å². The molecule has 3 aromatic rings. The van der Waals surface area contributed by atoms with Crippen molar-refractivity contribution in [3.63, 3.8) is 0 Å². The number of nitrogens with zero attached hydrogens (tertiary/aromatic N) is 2. The summed E-state index contributed by atoms with van der Waals surface area (Å²) in [5, 5.41) is 3.28. The van der Waals surface area contributed by atoms with Gasteiger partial charge in [0.25, 0.3) is 10.0 Å². The fourth-order valence-corrected chi connectivity index (χ4v) is 6.13. The third-order valence-corrected chi connectivity index (χ3v) is 8.49. The minimum Gasteiger partial charge on any atom is -0.497 e. The second kappa shape index (κ2) is 13.6. The Bertz CT molecular complexity index is 1480. The molecule has 3 aromatic carbocycles. The van der Waals surface area contributed by atoms with Gasteiger partial charge in [0.15, 0.2) is 0 Å². The van der Waals surface area contributed by atoms with Gasteiger partial charge in [0.2, 0.25) is 11.8 Å². The zero-order valence-corrected chi connectivity index (χ0v) is 26.1. The van der Waals surface area contributed by atoms with Gasteiger partial charge in [0, 0.05) is 17.1 Å². The van der Waals surface area contributed by atoms with Crippen LogP contribution in [0.25, 0.3) is 0 Å². The lowest BCUT2D eigenvalue weighted by Gasteiger charge is -2.35. The van der Waals surface area contributed by atoms with E-state index in [4.69, 9.17) is 27.9 Å². The van der Waals surface area contributed by atoms with E-state index < -0.39 is 34.1 Å². The van der Waals surface area contributed by atoms with E-state index in [2.05, 4.69) is 5.32 Å². The van der Waals surface area contributed by atoms with Gasteiger partial charge in [-0.2, -0.15) is 0 Å². The van der Waals surface area contributed by atoms with E-state index >= 15 is 0 Å². The van der Waals surface area contributed by atoms with Crippen molar-refractivity contribution >= 4 is 50.7 Å². The molecule has 0 spiro atoms. The average Bonchev–Trinajstić information content (AvgIpc) is 2.92. The largest absolute Gasteiger partial charge is 0.497 e. The Kier molecular flexibility index (Phi) is 10.7. The van der Waals surface area contributed by atoms with Crippen LogP contribution in [0.1, 0.15) is 39.7 Å². The van der Waals surface area contributed by atoms with Gasteiger partial charge in [-0.05, 0) is 75.2 Å². The average molecular weight is 621 g/mol. The van der Waals surface area contributed by atoms with Gasteiger partial charge in [0.1, 0.15) is 18.3 Å². The van der Waals surface area contributed by atoms with Crippen molar-refractivity contribution in [2.75, 3.05) is 18.0 Å². The van der Waals surface area contributed by atoms with Crippen LogP contribution >= 0.6 is 23.2 Å².